The molecule has 0 aromatic carbocycles. The Balaban J connectivity index is 1.22. The molecular formula is C20H35NO4. The molecule has 0 unspecified atom stereocenters. The van der Waals surface area contributed by atoms with Crippen LogP contribution >= 0.6 is 0 Å². The molecule has 5 nitrogen and oxygen atoms in total. The first-order valence-electron chi connectivity index (χ1n) is 10.2. The van der Waals surface area contributed by atoms with Crippen LogP contribution in [0.5, 0.6) is 0 Å². The summed E-state index contributed by atoms with van der Waals surface area (Å²) >= 11 is 0. The van der Waals surface area contributed by atoms with Crippen LogP contribution in [-0.2, 0) is 19.0 Å². The van der Waals surface area contributed by atoms with Crippen molar-refractivity contribution in [3.8, 4) is 0 Å². The van der Waals surface area contributed by atoms with Gasteiger partial charge < -0.3 is 19.5 Å². The minimum absolute atomic E-state index is 0.221. The summed E-state index contributed by atoms with van der Waals surface area (Å²) in [7, 11) is 0. The van der Waals surface area contributed by atoms with Crippen molar-refractivity contribution in [2.24, 2.45) is 23.2 Å². The number of hydrogen-bond donors (Lipinski definition) is 1. The minimum atomic E-state index is 0.221. The Morgan fingerprint density at radius 3 is 1.96 bits per heavy atom. The molecule has 144 valence electrons. The molecule has 1 amide bonds. The van der Waals surface area contributed by atoms with E-state index >= 15 is 0 Å². The quantitative estimate of drug-likeness (QED) is 0.548. The molecule has 25 heavy (non-hydrogen) atoms. The second-order valence-electron chi connectivity index (χ2n) is 8.37. The topological polar surface area (TPSA) is 56.8 Å². The lowest BCUT2D eigenvalue weighted by molar-refractivity contribution is -0.129. The zero-order valence-corrected chi connectivity index (χ0v) is 15.8. The van der Waals surface area contributed by atoms with Crippen LogP contribution in [-0.4, -0.2) is 52.1 Å². The number of amides is 1. The molecule has 4 fully saturated rings. The second-order valence-corrected chi connectivity index (χ2v) is 8.37. The fourth-order valence-corrected chi connectivity index (χ4v) is 5.76. The average Bonchev–Trinajstić information content (AvgIpc) is 2.55. The van der Waals surface area contributed by atoms with Gasteiger partial charge in [-0.25, -0.2) is 0 Å². The molecular weight excluding hydrogens is 318 g/mol. The van der Waals surface area contributed by atoms with Crippen LogP contribution in [0.15, 0.2) is 0 Å². The maximum atomic E-state index is 12.4. The summed E-state index contributed by atoms with van der Waals surface area (Å²) in [5.41, 5.74) is 0.327. The van der Waals surface area contributed by atoms with E-state index in [-0.39, 0.29) is 5.91 Å². The second kappa shape index (κ2) is 9.33. The summed E-state index contributed by atoms with van der Waals surface area (Å²) in [6.45, 7) is 6.25. The van der Waals surface area contributed by atoms with Crippen molar-refractivity contribution in [3.05, 3.63) is 0 Å². The van der Waals surface area contributed by atoms with Gasteiger partial charge in [-0.1, -0.05) is 0 Å². The molecule has 0 radical (unpaired) electrons. The Kier molecular flexibility index (Phi) is 7.14. The van der Waals surface area contributed by atoms with E-state index in [1.165, 1.54) is 38.5 Å². The lowest BCUT2D eigenvalue weighted by Crippen LogP contribution is -2.48. The number of carbonyl (C=O) groups excluding carboxylic acids is 1. The van der Waals surface area contributed by atoms with Gasteiger partial charge in [0, 0.05) is 19.6 Å². The maximum absolute atomic E-state index is 12.4. The van der Waals surface area contributed by atoms with Crippen molar-refractivity contribution < 1.29 is 19.0 Å². The highest BCUT2D eigenvalue weighted by Gasteiger charge is 2.51. The fraction of sp³-hybridized carbons (Fsp3) is 0.950. The highest BCUT2D eigenvalue weighted by molar-refractivity contribution is 5.76. The van der Waals surface area contributed by atoms with E-state index in [4.69, 9.17) is 14.2 Å². The minimum Gasteiger partial charge on any atom is -0.379 e. The zero-order chi connectivity index (χ0) is 17.5. The molecule has 4 rings (SSSR count). The van der Waals surface area contributed by atoms with Gasteiger partial charge in [0.1, 0.15) is 0 Å². The van der Waals surface area contributed by atoms with E-state index in [2.05, 4.69) is 5.32 Å². The number of hydrogen-bond acceptors (Lipinski definition) is 4. The van der Waals surface area contributed by atoms with Crippen LogP contribution < -0.4 is 5.32 Å². The predicted octanol–water partition coefficient (Wildman–Crippen LogP) is 2.78. The van der Waals surface area contributed by atoms with E-state index < -0.39 is 0 Å². The fourth-order valence-electron chi connectivity index (χ4n) is 5.76. The van der Waals surface area contributed by atoms with E-state index in [1.54, 1.807) is 0 Å². The molecule has 4 aliphatic rings. The highest BCUT2D eigenvalue weighted by Crippen LogP contribution is 2.61. The molecule has 0 aromatic heterocycles. The summed E-state index contributed by atoms with van der Waals surface area (Å²) in [4.78, 5) is 12.4. The molecule has 0 saturated heterocycles. The Bertz CT molecular complexity index is 391. The molecule has 0 atom stereocenters. The zero-order valence-electron chi connectivity index (χ0n) is 15.8. The normalized spacial score (nSPS) is 32.9. The third-order valence-electron chi connectivity index (χ3n) is 6.22. The van der Waals surface area contributed by atoms with Gasteiger partial charge in [0.2, 0.25) is 5.91 Å². The van der Waals surface area contributed by atoms with Gasteiger partial charge in [0.05, 0.1) is 33.0 Å². The molecule has 0 aromatic rings. The molecule has 0 aliphatic heterocycles. The van der Waals surface area contributed by atoms with Crippen LogP contribution in [0.25, 0.3) is 0 Å². The van der Waals surface area contributed by atoms with Crippen molar-refractivity contribution in [1.82, 2.24) is 5.32 Å². The predicted molar refractivity (Wildman–Crippen MR) is 96.4 cm³/mol. The van der Waals surface area contributed by atoms with Crippen LogP contribution in [0.3, 0.4) is 0 Å². The summed E-state index contributed by atoms with van der Waals surface area (Å²) in [5.74, 6) is 2.94. The van der Waals surface area contributed by atoms with Crippen molar-refractivity contribution >= 4 is 5.91 Å². The van der Waals surface area contributed by atoms with Crippen LogP contribution in [0.1, 0.15) is 51.9 Å². The van der Waals surface area contributed by atoms with E-state index in [1.807, 2.05) is 6.92 Å². The lowest BCUT2D eigenvalue weighted by atomic mass is 9.49. The molecule has 4 bridgehead atoms. The Morgan fingerprint density at radius 2 is 1.40 bits per heavy atom. The number of ether oxygens (including phenoxy) is 3. The number of rotatable bonds is 12. The Labute approximate surface area is 152 Å². The number of carbonyl (C=O) groups is 1. The smallest absolute Gasteiger partial charge is 0.220 e. The third-order valence-corrected chi connectivity index (χ3v) is 6.22. The van der Waals surface area contributed by atoms with Crippen LogP contribution in [0, 0.1) is 23.2 Å². The summed E-state index contributed by atoms with van der Waals surface area (Å²) in [6, 6.07) is 0. The molecule has 0 heterocycles. The summed E-state index contributed by atoms with van der Waals surface area (Å²) in [5, 5.41) is 3.05. The summed E-state index contributed by atoms with van der Waals surface area (Å²) < 4.78 is 16.1. The van der Waals surface area contributed by atoms with Crippen molar-refractivity contribution in [2.45, 2.75) is 51.9 Å². The van der Waals surface area contributed by atoms with E-state index in [0.29, 0.717) is 45.0 Å². The molecule has 4 saturated carbocycles. The summed E-state index contributed by atoms with van der Waals surface area (Å²) in [6.07, 6.45) is 8.91. The number of nitrogens with one attached hydrogen (secondary N) is 1. The van der Waals surface area contributed by atoms with Crippen molar-refractivity contribution in [1.29, 1.82) is 0 Å². The first kappa shape index (κ1) is 19.1. The molecule has 5 heteroatoms. The van der Waals surface area contributed by atoms with Gasteiger partial charge in [-0.3, -0.25) is 4.79 Å². The van der Waals surface area contributed by atoms with Gasteiger partial charge in [0.15, 0.2) is 0 Å². The third kappa shape index (κ3) is 5.66. The van der Waals surface area contributed by atoms with E-state index in [0.717, 1.165) is 30.8 Å². The SMILES string of the molecule is CCOCCOCCOCCNC(=O)CC12CC3CC(CC(C3)C1)C2. The standard InChI is InChI=1S/C20H35NO4/c1-2-23-5-6-25-8-7-24-4-3-21-19(22)15-20-12-16-9-17(13-20)11-18(10-16)14-20/h16-18H,2-15H2,1H3,(H,21,22). The van der Waals surface area contributed by atoms with Crippen molar-refractivity contribution in [2.75, 3.05) is 46.2 Å². The van der Waals surface area contributed by atoms with Gasteiger partial charge >= 0.3 is 0 Å². The van der Waals surface area contributed by atoms with Crippen LogP contribution in [0.4, 0.5) is 0 Å². The van der Waals surface area contributed by atoms with Gasteiger partial charge in [-0.2, -0.15) is 0 Å². The maximum Gasteiger partial charge on any atom is 0.220 e. The van der Waals surface area contributed by atoms with Crippen molar-refractivity contribution in [3.63, 3.8) is 0 Å². The van der Waals surface area contributed by atoms with Gasteiger partial charge in [-0.05, 0) is 68.6 Å². The molecule has 1 N–H and O–H groups in total. The molecule has 0 spiro atoms. The Hall–Kier alpha value is -0.650. The monoisotopic (exact) mass is 353 g/mol. The highest BCUT2D eigenvalue weighted by atomic mass is 16.5. The van der Waals surface area contributed by atoms with E-state index in [9.17, 15) is 4.79 Å². The first-order valence-corrected chi connectivity index (χ1v) is 10.2. The Morgan fingerprint density at radius 1 is 0.880 bits per heavy atom. The lowest BCUT2D eigenvalue weighted by Gasteiger charge is -2.56. The largest absolute Gasteiger partial charge is 0.379 e. The average molecular weight is 354 g/mol. The van der Waals surface area contributed by atoms with Crippen LogP contribution in [0.2, 0.25) is 0 Å². The molecule has 4 aliphatic carbocycles. The first-order chi connectivity index (χ1) is 12.2. The van der Waals surface area contributed by atoms with Gasteiger partial charge in [-0.15, -0.1) is 0 Å². The van der Waals surface area contributed by atoms with Gasteiger partial charge in [0.25, 0.3) is 0 Å².